The summed E-state index contributed by atoms with van der Waals surface area (Å²) < 4.78 is 17.4. The highest BCUT2D eigenvalue weighted by atomic mass is 16.5. The molecule has 9 heteroatoms. The van der Waals surface area contributed by atoms with Crippen molar-refractivity contribution in [3.8, 4) is 34.3 Å². The monoisotopic (exact) mass is 408 g/mol. The third-order valence-corrected chi connectivity index (χ3v) is 4.72. The Morgan fingerprint density at radius 2 is 1.70 bits per heavy atom. The quantitative estimate of drug-likeness (QED) is 0.505. The molecular formula is C21H20N4O5. The first-order chi connectivity index (χ1) is 14.4. The lowest BCUT2D eigenvalue weighted by Gasteiger charge is -2.13. The number of fused-ring (bicyclic) bond motifs is 1. The molecule has 154 valence electrons. The van der Waals surface area contributed by atoms with Crippen molar-refractivity contribution in [2.45, 2.75) is 19.9 Å². The highest BCUT2D eigenvalue weighted by Gasteiger charge is 2.15. The highest BCUT2D eigenvalue weighted by Crippen LogP contribution is 2.30. The van der Waals surface area contributed by atoms with Crippen LogP contribution in [0.25, 0.3) is 33.9 Å². The van der Waals surface area contributed by atoms with E-state index in [0.717, 1.165) is 0 Å². The van der Waals surface area contributed by atoms with Crippen LogP contribution in [0.5, 0.6) is 11.5 Å². The van der Waals surface area contributed by atoms with Crippen LogP contribution in [-0.4, -0.2) is 33.9 Å². The molecule has 0 atom stereocenters. The Bertz CT molecular complexity index is 1330. The molecule has 0 aliphatic rings. The van der Waals surface area contributed by atoms with Gasteiger partial charge in [0.2, 0.25) is 5.82 Å². The van der Waals surface area contributed by atoms with Crippen molar-refractivity contribution in [3.05, 3.63) is 57.1 Å². The van der Waals surface area contributed by atoms with Crippen molar-refractivity contribution in [2.24, 2.45) is 0 Å². The van der Waals surface area contributed by atoms with E-state index in [4.69, 9.17) is 14.0 Å². The summed E-state index contributed by atoms with van der Waals surface area (Å²) >= 11 is 0. The van der Waals surface area contributed by atoms with Gasteiger partial charge in [-0.15, -0.1) is 0 Å². The predicted octanol–water partition coefficient (Wildman–Crippen LogP) is 3.00. The molecule has 4 rings (SSSR count). The predicted molar refractivity (Wildman–Crippen MR) is 111 cm³/mol. The zero-order chi connectivity index (χ0) is 21.4. The van der Waals surface area contributed by atoms with Gasteiger partial charge < -0.3 is 19.0 Å². The van der Waals surface area contributed by atoms with Crippen molar-refractivity contribution in [1.29, 1.82) is 0 Å². The molecule has 9 nitrogen and oxygen atoms in total. The molecule has 4 aromatic rings. The second-order valence-corrected chi connectivity index (χ2v) is 6.98. The van der Waals surface area contributed by atoms with E-state index in [1.165, 1.54) is 4.57 Å². The van der Waals surface area contributed by atoms with Crippen molar-refractivity contribution in [2.75, 3.05) is 14.2 Å². The van der Waals surface area contributed by atoms with Gasteiger partial charge in [0.15, 0.2) is 0 Å². The zero-order valence-corrected chi connectivity index (χ0v) is 16.9. The third kappa shape index (κ3) is 3.34. The minimum atomic E-state index is -0.675. The minimum absolute atomic E-state index is 0.159. The Morgan fingerprint density at radius 1 is 1.00 bits per heavy atom. The van der Waals surface area contributed by atoms with Gasteiger partial charge in [-0.1, -0.05) is 5.16 Å². The maximum absolute atomic E-state index is 12.2. The standard InChI is InChI=1S/C21H20N4O5/c1-11(2)25-17-6-5-12(9-16(17)22-19(26)21(25)27)18-23-20(30-24-18)13-7-14(28-3)10-15(8-13)29-4/h5-11H,1-4H3,(H,22,26). The molecule has 2 heterocycles. The lowest BCUT2D eigenvalue weighted by molar-refractivity contribution is 0.393. The van der Waals surface area contributed by atoms with Gasteiger partial charge in [0.25, 0.3) is 5.89 Å². The Hall–Kier alpha value is -3.88. The maximum Gasteiger partial charge on any atom is 0.316 e. The first kappa shape index (κ1) is 19.4. The van der Waals surface area contributed by atoms with E-state index in [-0.39, 0.29) is 6.04 Å². The second-order valence-electron chi connectivity index (χ2n) is 6.98. The number of nitrogens with one attached hydrogen (secondary N) is 1. The number of aromatic amines is 1. The van der Waals surface area contributed by atoms with E-state index >= 15 is 0 Å². The fourth-order valence-corrected chi connectivity index (χ4v) is 3.28. The van der Waals surface area contributed by atoms with Crippen LogP contribution in [0.4, 0.5) is 0 Å². The fraction of sp³-hybridized carbons (Fsp3) is 0.238. The Balaban J connectivity index is 1.80. The second kappa shape index (κ2) is 7.51. The summed E-state index contributed by atoms with van der Waals surface area (Å²) in [4.78, 5) is 31.3. The van der Waals surface area contributed by atoms with Crippen LogP contribution in [0.2, 0.25) is 0 Å². The number of ether oxygens (including phenoxy) is 2. The van der Waals surface area contributed by atoms with Crippen LogP contribution < -0.4 is 20.6 Å². The summed E-state index contributed by atoms with van der Waals surface area (Å²) in [7, 11) is 3.12. The van der Waals surface area contributed by atoms with Crippen molar-refractivity contribution in [3.63, 3.8) is 0 Å². The van der Waals surface area contributed by atoms with Gasteiger partial charge in [-0.05, 0) is 44.2 Å². The molecule has 0 saturated heterocycles. The lowest BCUT2D eigenvalue weighted by atomic mass is 10.1. The molecule has 2 aromatic carbocycles. The van der Waals surface area contributed by atoms with Crippen LogP contribution in [0.1, 0.15) is 19.9 Å². The van der Waals surface area contributed by atoms with E-state index in [0.29, 0.717) is 45.4 Å². The third-order valence-electron chi connectivity index (χ3n) is 4.72. The molecule has 0 unspecified atom stereocenters. The number of hydrogen-bond donors (Lipinski definition) is 1. The molecule has 0 aliphatic heterocycles. The lowest BCUT2D eigenvalue weighted by Crippen LogP contribution is -2.37. The molecule has 0 radical (unpaired) electrons. The van der Waals surface area contributed by atoms with Gasteiger partial charge in [-0.3, -0.25) is 14.2 Å². The molecule has 0 amide bonds. The average molecular weight is 408 g/mol. The Kier molecular flexibility index (Phi) is 4.86. The topological polar surface area (TPSA) is 112 Å². The van der Waals surface area contributed by atoms with Gasteiger partial charge in [0, 0.05) is 23.2 Å². The zero-order valence-electron chi connectivity index (χ0n) is 16.9. The van der Waals surface area contributed by atoms with Crippen LogP contribution in [-0.2, 0) is 0 Å². The van der Waals surface area contributed by atoms with Crippen molar-refractivity contribution in [1.82, 2.24) is 19.7 Å². The molecule has 0 fully saturated rings. The number of H-pyrrole nitrogens is 1. The summed E-state index contributed by atoms with van der Waals surface area (Å²) in [5.41, 5.74) is 1.16. The maximum atomic E-state index is 12.2. The minimum Gasteiger partial charge on any atom is -0.497 e. The molecular weight excluding hydrogens is 388 g/mol. The molecule has 0 saturated carbocycles. The van der Waals surface area contributed by atoms with E-state index in [9.17, 15) is 9.59 Å². The molecule has 1 N–H and O–H groups in total. The van der Waals surface area contributed by atoms with Crippen LogP contribution in [0.3, 0.4) is 0 Å². The Labute approximate surface area is 170 Å². The van der Waals surface area contributed by atoms with Crippen LogP contribution in [0, 0.1) is 0 Å². The molecule has 30 heavy (non-hydrogen) atoms. The first-order valence-electron chi connectivity index (χ1n) is 9.27. The average Bonchev–Trinajstić information content (AvgIpc) is 3.24. The summed E-state index contributed by atoms with van der Waals surface area (Å²) in [6, 6.07) is 10.4. The fourth-order valence-electron chi connectivity index (χ4n) is 3.28. The van der Waals surface area contributed by atoms with Crippen LogP contribution >= 0.6 is 0 Å². The molecule has 0 bridgehead atoms. The normalized spacial score (nSPS) is 11.2. The number of hydrogen-bond acceptors (Lipinski definition) is 7. The number of aromatic nitrogens is 4. The van der Waals surface area contributed by atoms with Crippen LogP contribution in [0.15, 0.2) is 50.5 Å². The van der Waals surface area contributed by atoms with E-state index in [2.05, 4.69) is 15.1 Å². The molecule has 0 spiro atoms. The number of nitrogens with zero attached hydrogens (tertiary/aromatic N) is 3. The summed E-state index contributed by atoms with van der Waals surface area (Å²) in [6.45, 7) is 3.70. The summed E-state index contributed by atoms with van der Waals surface area (Å²) in [5, 5.41) is 4.05. The molecule has 0 aliphatic carbocycles. The van der Waals surface area contributed by atoms with Crippen molar-refractivity contribution >= 4 is 11.0 Å². The van der Waals surface area contributed by atoms with Gasteiger partial charge >= 0.3 is 11.1 Å². The summed E-state index contributed by atoms with van der Waals surface area (Å²) in [5.74, 6) is 1.83. The Morgan fingerprint density at radius 3 is 2.33 bits per heavy atom. The van der Waals surface area contributed by atoms with E-state index in [1.54, 1.807) is 50.6 Å². The first-order valence-corrected chi connectivity index (χ1v) is 9.27. The van der Waals surface area contributed by atoms with Gasteiger partial charge in [-0.2, -0.15) is 4.98 Å². The SMILES string of the molecule is COc1cc(OC)cc(-c2nc(-c3ccc4c(c3)[nH]c(=O)c(=O)n4C(C)C)no2)c1. The van der Waals surface area contributed by atoms with E-state index < -0.39 is 11.1 Å². The highest BCUT2D eigenvalue weighted by molar-refractivity contribution is 5.80. The van der Waals surface area contributed by atoms with Crippen molar-refractivity contribution < 1.29 is 14.0 Å². The van der Waals surface area contributed by atoms with Gasteiger partial charge in [0.1, 0.15) is 11.5 Å². The number of rotatable bonds is 5. The van der Waals surface area contributed by atoms with E-state index in [1.807, 2.05) is 13.8 Å². The molecule has 2 aromatic heterocycles. The van der Waals surface area contributed by atoms with Gasteiger partial charge in [0.05, 0.1) is 25.3 Å². The summed E-state index contributed by atoms with van der Waals surface area (Å²) in [6.07, 6.45) is 0. The number of benzene rings is 2. The number of methoxy groups -OCH3 is 2. The largest absolute Gasteiger partial charge is 0.497 e. The smallest absolute Gasteiger partial charge is 0.316 e. The van der Waals surface area contributed by atoms with Gasteiger partial charge in [-0.25, -0.2) is 0 Å².